The number of amides is 2. The smallest absolute Gasteiger partial charge is 0.261 e. The van der Waals surface area contributed by atoms with E-state index in [0.717, 1.165) is 12.8 Å². The number of thiophene rings is 1. The van der Waals surface area contributed by atoms with E-state index in [2.05, 4.69) is 17.6 Å². The van der Waals surface area contributed by atoms with E-state index in [1.807, 2.05) is 11.4 Å². The second-order valence-electron chi connectivity index (χ2n) is 4.52. The molecule has 1 aromatic rings. The van der Waals surface area contributed by atoms with Crippen LogP contribution in [0.25, 0.3) is 0 Å². The molecule has 2 amide bonds. The van der Waals surface area contributed by atoms with Crippen LogP contribution in [0.5, 0.6) is 0 Å². The summed E-state index contributed by atoms with van der Waals surface area (Å²) < 4.78 is 0. The molecule has 0 aliphatic rings. The van der Waals surface area contributed by atoms with E-state index in [9.17, 15) is 9.59 Å². The first kappa shape index (κ1) is 15.7. The van der Waals surface area contributed by atoms with Crippen LogP contribution in [-0.2, 0) is 4.79 Å². The zero-order valence-corrected chi connectivity index (χ0v) is 12.4. The first-order chi connectivity index (χ1) is 9.15. The fraction of sp³-hybridized carbons (Fsp3) is 0.571. The minimum Gasteiger partial charge on any atom is -0.354 e. The highest BCUT2D eigenvalue weighted by Crippen LogP contribution is 2.08. The van der Waals surface area contributed by atoms with Crippen molar-refractivity contribution in [2.75, 3.05) is 6.54 Å². The summed E-state index contributed by atoms with van der Waals surface area (Å²) in [7, 11) is 0. The van der Waals surface area contributed by atoms with Gasteiger partial charge in [-0.2, -0.15) is 0 Å². The molecule has 1 unspecified atom stereocenters. The Kier molecular flexibility index (Phi) is 7.18. The minimum absolute atomic E-state index is 0.124. The van der Waals surface area contributed by atoms with Crippen LogP contribution in [0.2, 0.25) is 0 Å². The van der Waals surface area contributed by atoms with Crippen LogP contribution in [0, 0.1) is 0 Å². The molecule has 19 heavy (non-hydrogen) atoms. The fourth-order valence-corrected chi connectivity index (χ4v) is 2.28. The Hall–Kier alpha value is -1.36. The van der Waals surface area contributed by atoms with Gasteiger partial charge < -0.3 is 10.6 Å². The predicted molar refractivity (Wildman–Crippen MR) is 78.4 cm³/mol. The molecule has 0 fully saturated rings. The van der Waals surface area contributed by atoms with Crippen LogP contribution < -0.4 is 10.6 Å². The summed E-state index contributed by atoms with van der Waals surface area (Å²) in [6.07, 6.45) is 4.50. The summed E-state index contributed by atoms with van der Waals surface area (Å²) in [5, 5.41) is 7.38. The fourth-order valence-electron chi connectivity index (χ4n) is 1.66. The van der Waals surface area contributed by atoms with Gasteiger partial charge in [0.15, 0.2) is 0 Å². The van der Waals surface area contributed by atoms with Gasteiger partial charge in [0.05, 0.1) is 4.88 Å². The highest BCUT2D eigenvalue weighted by molar-refractivity contribution is 7.12. The van der Waals surface area contributed by atoms with Crippen molar-refractivity contribution in [3.8, 4) is 0 Å². The Morgan fingerprint density at radius 1 is 1.32 bits per heavy atom. The van der Waals surface area contributed by atoms with E-state index in [1.54, 1.807) is 13.0 Å². The molecule has 1 heterocycles. The second kappa shape index (κ2) is 8.69. The molecule has 0 bridgehead atoms. The van der Waals surface area contributed by atoms with Gasteiger partial charge in [0.1, 0.15) is 6.04 Å². The van der Waals surface area contributed by atoms with E-state index >= 15 is 0 Å². The van der Waals surface area contributed by atoms with Crippen molar-refractivity contribution in [3.63, 3.8) is 0 Å². The van der Waals surface area contributed by atoms with E-state index in [1.165, 1.54) is 24.2 Å². The Labute approximate surface area is 118 Å². The SMILES string of the molecule is CCCCCCNC(=O)C(C)NC(=O)c1cccs1. The van der Waals surface area contributed by atoms with Gasteiger partial charge in [-0.3, -0.25) is 9.59 Å². The third kappa shape index (κ3) is 5.87. The Morgan fingerprint density at radius 3 is 2.74 bits per heavy atom. The summed E-state index contributed by atoms with van der Waals surface area (Å²) in [5.74, 6) is -0.315. The topological polar surface area (TPSA) is 58.2 Å². The lowest BCUT2D eigenvalue weighted by molar-refractivity contribution is -0.122. The summed E-state index contributed by atoms with van der Waals surface area (Å²) in [6, 6.07) is 3.06. The van der Waals surface area contributed by atoms with Gasteiger partial charge in [-0.1, -0.05) is 32.3 Å². The summed E-state index contributed by atoms with van der Waals surface area (Å²) in [6.45, 7) is 4.53. The van der Waals surface area contributed by atoms with Crippen molar-refractivity contribution < 1.29 is 9.59 Å². The number of carbonyl (C=O) groups excluding carboxylic acids is 2. The molecule has 2 N–H and O–H groups in total. The van der Waals surface area contributed by atoms with Crippen LogP contribution >= 0.6 is 11.3 Å². The minimum atomic E-state index is -0.499. The van der Waals surface area contributed by atoms with Crippen LogP contribution in [0.15, 0.2) is 17.5 Å². The quantitative estimate of drug-likeness (QED) is 0.720. The van der Waals surface area contributed by atoms with Crippen molar-refractivity contribution in [2.24, 2.45) is 0 Å². The molecular formula is C14H22N2O2S. The largest absolute Gasteiger partial charge is 0.354 e. The van der Waals surface area contributed by atoms with Gasteiger partial charge in [-0.15, -0.1) is 11.3 Å². The maximum atomic E-state index is 11.8. The van der Waals surface area contributed by atoms with Crippen molar-refractivity contribution in [1.29, 1.82) is 0 Å². The predicted octanol–water partition coefficient (Wildman–Crippen LogP) is 2.56. The molecular weight excluding hydrogens is 260 g/mol. The van der Waals surface area contributed by atoms with Crippen molar-refractivity contribution >= 4 is 23.2 Å². The van der Waals surface area contributed by atoms with E-state index in [-0.39, 0.29) is 11.8 Å². The summed E-state index contributed by atoms with van der Waals surface area (Å²) in [4.78, 5) is 24.1. The van der Waals surface area contributed by atoms with Gasteiger partial charge in [-0.05, 0) is 24.8 Å². The number of carbonyl (C=O) groups is 2. The van der Waals surface area contributed by atoms with Crippen molar-refractivity contribution in [1.82, 2.24) is 10.6 Å². The molecule has 0 aromatic carbocycles. The van der Waals surface area contributed by atoms with Crippen LogP contribution in [0.3, 0.4) is 0 Å². The number of hydrogen-bond donors (Lipinski definition) is 2. The Bertz CT molecular complexity index is 390. The lowest BCUT2D eigenvalue weighted by Gasteiger charge is -2.13. The molecule has 1 rings (SSSR count). The molecule has 106 valence electrons. The number of rotatable bonds is 8. The van der Waals surface area contributed by atoms with E-state index in [4.69, 9.17) is 0 Å². The zero-order chi connectivity index (χ0) is 14.1. The molecule has 0 saturated heterocycles. The third-order valence-corrected chi connectivity index (χ3v) is 3.68. The highest BCUT2D eigenvalue weighted by Gasteiger charge is 2.16. The number of hydrogen-bond acceptors (Lipinski definition) is 3. The van der Waals surface area contributed by atoms with Gasteiger partial charge in [0.25, 0.3) is 5.91 Å². The lowest BCUT2D eigenvalue weighted by Crippen LogP contribution is -2.44. The third-order valence-electron chi connectivity index (χ3n) is 2.82. The maximum Gasteiger partial charge on any atom is 0.261 e. The summed E-state index contributed by atoms with van der Waals surface area (Å²) in [5.41, 5.74) is 0. The van der Waals surface area contributed by atoms with Crippen molar-refractivity contribution in [3.05, 3.63) is 22.4 Å². The second-order valence-corrected chi connectivity index (χ2v) is 5.47. The standard InChI is InChI=1S/C14H22N2O2S/c1-3-4-5-6-9-15-13(17)11(2)16-14(18)12-8-7-10-19-12/h7-8,10-11H,3-6,9H2,1-2H3,(H,15,17)(H,16,18). The molecule has 5 heteroatoms. The highest BCUT2D eigenvalue weighted by atomic mass is 32.1. The van der Waals surface area contributed by atoms with E-state index in [0.29, 0.717) is 11.4 Å². The maximum absolute atomic E-state index is 11.8. The van der Waals surface area contributed by atoms with Gasteiger partial charge >= 0.3 is 0 Å². The Balaban J connectivity index is 2.23. The van der Waals surface area contributed by atoms with Crippen LogP contribution in [0.1, 0.15) is 49.2 Å². The normalized spacial score (nSPS) is 11.9. The lowest BCUT2D eigenvalue weighted by atomic mass is 10.2. The molecule has 0 spiro atoms. The first-order valence-corrected chi connectivity index (χ1v) is 7.65. The average molecular weight is 282 g/mol. The monoisotopic (exact) mass is 282 g/mol. The van der Waals surface area contributed by atoms with Crippen LogP contribution in [-0.4, -0.2) is 24.4 Å². The molecule has 0 saturated carbocycles. The Morgan fingerprint density at radius 2 is 2.11 bits per heavy atom. The molecule has 0 aliphatic heterocycles. The molecule has 1 atom stereocenters. The molecule has 0 radical (unpaired) electrons. The molecule has 0 aliphatic carbocycles. The first-order valence-electron chi connectivity index (χ1n) is 6.77. The van der Waals surface area contributed by atoms with Gasteiger partial charge in [0.2, 0.25) is 5.91 Å². The van der Waals surface area contributed by atoms with E-state index < -0.39 is 6.04 Å². The van der Waals surface area contributed by atoms with Gasteiger partial charge in [-0.25, -0.2) is 0 Å². The summed E-state index contributed by atoms with van der Waals surface area (Å²) >= 11 is 1.37. The molecule has 4 nitrogen and oxygen atoms in total. The number of nitrogens with one attached hydrogen (secondary N) is 2. The average Bonchev–Trinajstić information content (AvgIpc) is 2.92. The zero-order valence-electron chi connectivity index (χ0n) is 11.6. The van der Waals surface area contributed by atoms with Crippen molar-refractivity contribution in [2.45, 2.75) is 45.6 Å². The molecule has 1 aromatic heterocycles. The van der Waals surface area contributed by atoms with Crippen LogP contribution in [0.4, 0.5) is 0 Å². The number of unbranched alkanes of at least 4 members (excludes halogenated alkanes) is 3. The van der Waals surface area contributed by atoms with Gasteiger partial charge in [0, 0.05) is 6.54 Å².